The number of para-hydroxylation sites is 2. The lowest BCUT2D eigenvalue weighted by Gasteiger charge is -2.29. The van der Waals surface area contributed by atoms with Gasteiger partial charge in [0.25, 0.3) is 0 Å². The minimum Gasteiger partial charge on any atom is -0.457 e. The molecular weight excluding hydrogens is 278 g/mol. The Bertz CT molecular complexity index is 591. The highest BCUT2D eigenvalue weighted by atomic mass is 32.2. The Labute approximate surface area is 129 Å². The molecule has 1 unspecified atom stereocenters. The van der Waals surface area contributed by atoms with Gasteiger partial charge in [0, 0.05) is 11.1 Å². The molecule has 3 heteroatoms. The van der Waals surface area contributed by atoms with Gasteiger partial charge in [0.05, 0.1) is 6.04 Å². The lowest BCUT2D eigenvalue weighted by atomic mass is 9.94. The van der Waals surface area contributed by atoms with E-state index in [0.29, 0.717) is 0 Å². The van der Waals surface area contributed by atoms with Crippen molar-refractivity contribution in [2.24, 2.45) is 5.92 Å². The number of fused-ring (bicyclic) bond motifs is 2. The molecule has 4 rings (SSSR count). The van der Waals surface area contributed by atoms with E-state index in [1.165, 1.54) is 29.1 Å². The number of rotatable bonds is 3. The van der Waals surface area contributed by atoms with Crippen molar-refractivity contribution in [3.63, 3.8) is 0 Å². The van der Waals surface area contributed by atoms with E-state index in [4.69, 9.17) is 4.74 Å². The van der Waals surface area contributed by atoms with Crippen molar-refractivity contribution in [2.75, 3.05) is 18.1 Å². The molecular formula is C18H19NOS. The van der Waals surface area contributed by atoms with E-state index in [9.17, 15) is 0 Å². The Morgan fingerprint density at radius 2 is 1.67 bits per heavy atom. The third-order valence-electron chi connectivity index (χ3n) is 4.31. The maximum absolute atomic E-state index is 6.04. The average molecular weight is 297 g/mol. The van der Waals surface area contributed by atoms with Gasteiger partial charge in [-0.15, -0.1) is 0 Å². The molecule has 2 aliphatic rings. The second-order valence-electron chi connectivity index (χ2n) is 5.75. The van der Waals surface area contributed by atoms with Gasteiger partial charge >= 0.3 is 0 Å². The van der Waals surface area contributed by atoms with Gasteiger partial charge in [0.1, 0.15) is 11.5 Å². The van der Waals surface area contributed by atoms with E-state index in [1.54, 1.807) is 0 Å². The minimum atomic E-state index is 0.247. The predicted molar refractivity (Wildman–Crippen MR) is 88.2 cm³/mol. The third kappa shape index (κ3) is 2.56. The van der Waals surface area contributed by atoms with E-state index < -0.39 is 0 Å². The highest BCUT2D eigenvalue weighted by Gasteiger charge is 2.27. The second-order valence-corrected chi connectivity index (χ2v) is 6.90. The predicted octanol–water partition coefficient (Wildman–Crippen LogP) is 4.22. The molecule has 2 heterocycles. The number of ether oxygens (including phenoxy) is 1. The van der Waals surface area contributed by atoms with E-state index >= 15 is 0 Å². The fourth-order valence-corrected chi connectivity index (χ4v) is 4.44. The van der Waals surface area contributed by atoms with Crippen LogP contribution in [0.25, 0.3) is 0 Å². The largest absolute Gasteiger partial charge is 0.457 e. The number of hydrogen-bond acceptors (Lipinski definition) is 3. The molecule has 1 saturated heterocycles. The van der Waals surface area contributed by atoms with Gasteiger partial charge in [-0.1, -0.05) is 36.4 Å². The molecule has 0 spiro atoms. The molecule has 1 atom stereocenters. The Morgan fingerprint density at radius 3 is 2.29 bits per heavy atom. The van der Waals surface area contributed by atoms with Gasteiger partial charge in [-0.25, -0.2) is 0 Å². The molecule has 1 fully saturated rings. The van der Waals surface area contributed by atoms with Crippen molar-refractivity contribution in [3.05, 3.63) is 59.7 Å². The van der Waals surface area contributed by atoms with Crippen molar-refractivity contribution in [2.45, 2.75) is 12.5 Å². The molecule has 0 bridgehead atoms. The zero-order valence-electron chi connectivity index (χ0n) is 11.9. The average Bonchev–Trinajstić information content (AvgIpc) is 3.05. The molecule has 0 saturated carbocycles. The Kier molecular flexibility index (Phi) is 3.62. The first-order chi connectivity index (χ1) is 10.4. The molecule has 2 aliphatic heterocycles. The zero-order chi connectivity index (χ0) is 14.1. The molecule has 0 aliphatic carbocycles. The Balaban J connectivity index is 1.64. The smallest absolute Gasteiger partial charge is 0.132 e. The van der Waals surface area contributed by atoms with Crippen LogP contribution in [0.5, 0.6) is 11.5 Å². The molecule has 0 amide bonds. The van der Waals surface area contributed by atoms with Gasteiger partial charge in [-0.3, -0.25) is 0 Å². The summed E-state index contributed by atoms with van der Waals surface area (Å²) in [5.74, 6) is 5.37. The van der Waals surface area contributed by atoms with Crippen LogP contribution in [0.15, 0.2) is 48.5 Å². The third-order valence-corrected chi connectivity index (χ3v) is 5.55. The molecule has 1 N–H and O–H groups in total. The zero-order valence-corrected chi connectivity index (χ0v) is 12.7. The summed E-state index contributed by atoms with van der Waals surface area (Å²) >= 11 is 2.08. The lowest BCUT2D eigenvalue weighted by Crippen LogP contribution is -2.30. The van der Waals surface area contributed by atoms with Crippen LogP contribution in [0, 0.1) is 5.92 Å². The van der Waals surface area contributed by atoms with Gasteiger partial charge in [-0.2, -0.15) is 11.8 Å². The second kappa shape index (κ2) is 5.74. The Hall–Kier alpha value is -1.45. The number of thioether (sulfide) groups is 1. The van der Waals surface area contributed by atoms with Crippen molar-refractivity contribution in [1.82, 2.24) is 5.32 Å². The first-order valence-corrected chi connectivity index (χ1v) is 8.74. The van der Waals surface area contributed by atoms with Gasteiger partial charge in [-0.05, 0) is 42.5 Å². The van der Waals surface area contributed by atoms with Crippen LogP contribution in [0.2, 0.25) is 0 Å². The van der Waals surface area contributed by atoms with Crippen LogP contribution in [-0.2, 0) is 0 Å². The molecule has 2 aromatic carbocycles. The minimum absolute atomic E-state index is 0.247. The maximum atomic E-state index is 6.04. The molecule has 2 aromatic rings. The van der Waals surface area contributed by atoms with E-state index in [-0.39, 0.29) is 6.04 Å². The lowest BCUT2D eigenvalue weighted by molar-refractivity contribution is 0.414. The maximum Gasteiger partial charge on any atom is 0.132 e. The fraction of sp³-hybridized carbons (Fsp3) is 0.333. The monoisotopic (exact) mass is 297 g/mol. The summed E-state index contributed by atoms with van der Waals surface area (Å²) in [6.45, 7) is 1.08. The number of nitrogens with one attached hydrogen (secondary N) is 1. The van der Waals surface area contributed by atoms with Crippen LogP contribution >= 0.6 is 11.8 Å². The van der Waals surface area contributed by atoms with E-state index in [1.807, 2.05) is 12.1 Å². The summed E-state index contributed by atoms with van der Waals surface area (Å²) in [6.07, 6.45) is 1.34. The van der Waals surface area contributed by atoms with Crippen molar-refractivity contribution in [3.8, 4) is 11.5 Å². The highest BCUT2D eigenvalue weighted by Crippen LogP contribution is 2.42. The summed E-state index contributed by atoms with van der Waals surface area (Å²) < 4.78 is 6.04. The van der Waals surface area contributed by atoms with Gasteiger partial charge in [0.2, 0.25) is 0 Å². The SMILES string of the molecule is c1ccc2c(c1)Oc1ccccc1C2NCC1CCSC1. The van der Waals surface area contributed by atoms with E-state index in [2.05, 4.69) is 53.5 Å². The van der Waals surface area contributed by atoms with Crippen LogP contribution in [0.3, 0.4) is 0 Å². The van der Waals surface area contributed by atoms with Crippen molar-refractivity contribution < 1.29 is 4.74 Å². The van der Waals surface area contributed by atoms with E-state index in [0.717, 1.165) is 24.0 Å². The number of hydrogen-bond donors (Lipinski definition) is 1. The van der Waals surface area contributed by atoms with Crippen LogP contribution < -0.4 is 10.1 Å². The van der Waals surface area contributed by atoms with Crippen molar-refractivity contribution in [1.29, 1.82) is 0 Å². The summed E-state index contributed by atoms with van der Waals surface area (Å²) in [5.41, 5.74) is 2.50. The van der Waals surface area contributed by atoms with Gasteiger partial charge in [0.15, 0.2) is 0 Å². The highest BCUT2D eigenvalue weighted by molar-refractivity contribution is 7.99. The number of benzene rings is 2. The van der Waals surface area contributed by atoms with Crippen LogP contribution in [0.1, 0.15) is 23.6 Å². The van der Waals surface area contributed by atoms with Crippen LogP contribution in [-0.4, -0.2) is 18.1 Å². The first-order valence-electron chi connectivity index (χ1n) is 7.58. The van der Waals surface area contributed by atoms with Crippen molar-refractivity contribution >= 4 is 11.8 Å². The normalized spacial score (nSPS) is 20.7. The fourth-order valence-electron chi connectivity index (χ4n) is 3.16. The standard InChI is InChI=1S/C18H19NOS/c1-3-7-16-14(5-1)18(19-11-13-9-10-21-12-13)15-6-2-4-8-17(15)20-16/h1-8,13,18-19H,9-12H2. The molecule has 2 nitrogen and oxygen atoms in total. The summed E-state index contributed by atoms with van der Waals surface area (Å²) in [7, 11) is 0. The van der Waals surface area contributed by atoms with Crippen LogP contribution in [0.4, 0.5) is 0 Å². The molecule has 0 radical (unpaired) electrons. The molecule has 21 heavy (non-hydrogen) atoms. The summed E-state index contributed by atoms with van der Waals surface area (Å²) in [5, 5.41) is 3.78. The first kappa shape index (κ1) is 13.2. The molecule has 0 aromatic heterocycles. The molecule has 108 valence electrons. The topological polar surface area (TPSA) is 21.3 Å². The Morgan fingerprint density at radius 1 is 1.00 bits per heavy atom. The van der Waals surface area contributed by atoms with Gasteiger partial charge < -0.3 is 10.1 Å². The quantitative estimate of drug-likeness (QED) is 0.916. The summed E-state index contributed by atoms with van der Waals surface area (Å²) in [4.78, 5) is 0. The summed E-state index contributed by atoms with van der Waals surface area (Å²) in [6, 6.07) is 17.0.